The largest absolute Gasteiger partial charge is 0.383 e. The van der Waals surface area contributed by atoms with E-state index in [1.807, 2.05) is 19.9 Å². The fourth-order valence-electron chi connectivity index (χ4n) is 1.80. The molecule has 0 aliphatic heterocycles. The van der Waals surface area contributed by atoms with E-state index >= 15 is 0 Å². The number of halogens is 1. The van der Waals surface area contributed by atoms with Crippen molar-refractivity contribution in [2.45, 2.75) is 44.3 Å². The van der Waals surface area contributed by atoms with Crippen molar-refractivity contribution in [3.8, 4) is 0 Å². The molecule has 0 aliphatic carbocycles. The highest BCUT2D eigenvalue weighted by molar-refractivity contribution is 9.10. The number of benzene rings is 1. The standard InChI is InChI=1S/C14H23BrN2O3S/c1-10(2)16-8-12-5-6-13(15)14(7-12)21(18,19)17-11(3)9-20-4/h5-7,10-11,16-17H,8-9H2,1-4H3. The van der Waals surface area contributed by atoms with Crippen molar-refractivity contribution in [1.29, 1.82) is 0 Å². The first kappa shape index (κ1) is 18.6. The van der Waals surface area contributed by atoms with Crippen molar-refractivity contribution < 1.29 is 13.2 Å². The molecule has 0 fully saturated rings. The minimum atomic E-state index is -3.58. The Bertz CT molecular complexity index is 561. The molecule has 0 heterocycles. The van der Waals surface area contributed by atoms with Crippen LogP contribution < -0.4 is 10.0 Å². The minimum absolute atomic E-state index is 0.244. The molecule has 0 radical (unpaired) electrons. The molecular formula is C14H23BrN2O3S. The summed E-state index contributed by atoms with van der Waals surface area (Å²) in [7, 11) is -2.04. The van der Waals surface area contributed by atoms with Gasteiger partial charge in [-0.15, -0.1) is 0 Å². The Morgan fingerprint density at radius 3 is 2.52 bits per heavy atom. The molecule has 21 heavy (non-hydrogen) atoms. The average molecular weight is 379 g/mol. The Morgan fingerprint density at radius 1 is 1.29 bits per heavy atom. The molecule has 0 aliphatic rings. The number of hydrogen-bond donors (Lipinski definition) is 2. The van der Waals surface area contributed by atoms with Gasteiger partial charge in [0.2, 0.25) is 10.0 Å². The third kappa shape index (κ3) is 6.04. The summed E-state index contributed by atoms with van der Waals surface area (Å²) < 4.78 is 32.9. The monoisotopic (exact) mass is 378 g/mol. The molecule has 1 unspecified atom stereocenters. The topological polar surface area (TPSA) is 67.4 Å². The molecule has 5 nitrogen and oxygen atoms in total. The number of hydrogen-bond acceptors (Lipinski definition) is 4. The van der Waals surface area contributed by atoms with E-state index in [1.54, 1.807) is 26.2 Å². The smallest absolute Gasteiger partial charge is 0.242 e. The van der Waals surface area contributed by atoms with Gasteiger partial charge in [-0.25, -0.2) is 13.1 Å². The Hall–Kier alpha value is -0.470. The van der Waals surface area contributed by atoms with Crippen LogP contribution in [0.25, 0.3) is 0 Å². The quantitative estimate of drug-likeness (QED) is 0.727. The van der Waals surface area contributed by atoms with E-state index in [-0.39, 0.29) is 10.9 Å². The Kier molecular flexibility index (Phi) is 7.29. The summed E-state index contributed by atoms with van der Waals surface area (Å²) in [6, 6.07) is 5.39. The Balaban J connectivity index is 2.96. The highest BCUT2D eigenvalue weighted by Gasteiger charge is 2.20. The summed E-state index contributed by atoms with van der Waals surface area (Å²) in [5.74, 6) is 0. The van der Waals surface area contributed by atoms with Crippen molar-refractivity contribution in [3.05, 3.63) is 28.2 Å². The maximum absolute atomic E-state index is 12.4. The van der Waals surface area contributed by atoms with Gasteiger partial charge >= 0.3 is 0 Å². The number of rotatable bonds is 8. The van der Waals surface area contributed by atoms with Crippen LogP contribution in [-0.4, -0.2) is 34.2 Å². The van der Waals surface area contributed by atoms with Crippen LogP contribution in [0.4, 0.5) is 0 Å². The third-order valence-corrected chi connectivity index (χ3v) is 5.36. The first-order valence-corrected chi connectivity index (χ1v) is 9.07. The van der Waals surface area contributed by atoms with Crippen molar-refractivity contribution in [2.75, 3.05) is 13.7 Å². The van der Waals surface area contributed by atoms with Crippen molar-refractivity contribution in [3.63, 3.8) is 0 Å². The molecule has 1 aromatic carbocycles. The first-order valence-electron chi connectivity index (χ1n) is 6.79. The number of methoxy groups -OCH3 is 1. The Labute approximate surface area is 135 Å². The van der Waals surface area contributed by atoms with Crippen LogP contribution in [0.5, 0.6) is 0 Å². The van der Waals surface area contributed by atoms with Gasteiger partial charge in [-0.1, -0.05) is 19.9 Å². The number of nitrogens with one attached hydrogen (secondary N) is 2. The van der Waals surface area contributed by atoms with Crippen LogP contribution in [0, 0.1) is 0 Å². The molecule has 1 atom stereocenters. The van der Waals surface area contributed by atoms with E-state index in [1.165, 1.54) is 0 Å². The van der Waals surface area contributed by atoms with Crippen LogP contribution in [0.15, 0.2) is 27.6 Å². The molecule has 120 valence electrons. The third-order valence-electron chi connectivity index (χ3n) is 2.77. The van der Waals surface area contributed by atoms with Crippen LogP contribution in [0.3, 0.4) is 0 Å². The van der Waals surface area contributed by atoms with E-state index < -0.39 is 10.0 Å². The van der Waals surface area contributed by atoms with E-state index in [0.717, 1.165) is 5.56 Å². The van der Waals surface area contributed by atoms with Gasteiger partial charge in [0.25, 0.3) is 0 Å². The fourth-order valence-corrected chi connectivity index (χ4v) is 4.04. The summed E-state index contributed by atoms with van der Waals surface area (Å²) in [6.45, 7) is 6.81. The predicted molar refractivity (Wildman–Crippen MR) is 87.8 cm³/mol. The maximum atomic E-state index is 12.4. The lowest BCUT2D eigenvalue weighted by Crippen LogP contribution is -2.35. The molecule has 2 N–H and O–H groups in total. The first-order chi connectivity index (χ1) is 9.76. The molecular weight excluding hydrogens is 356 g/mol. The van der Waals surface area contributed by atoms with Gasteiger partial charge in [-0.05, 0) is 40.5 Å². The van der Waals surface area contributed by atoms with Gasteiger partial charge in [0, 0.05) is 30.2 Å². The zero-order valence-corrected chi connectivity index (χ0v) is 15.2. The van der Waals surface area contributed by atoms with Crippen LogP contribution >= 0.6 is 15.9 Å². The lowest BCUT2D eigenvalue weighted by Gasteiger charge is -2.15. The molecule has 1 rings (SSSR count). The van der Waals surface area contributed by atoms with E-state index in [4.69, 9.17) is 4.74 Å². The summed E-state index contributed by atoms with van der Waals surface area (Å²) in [5, 5.41) is 3.27. The summed E-state index contributed by atoms with van der Waals surface area (Å²) in [6.07, 6.45) is 0. The van der Waals surface area contributed by atoms with Crippen LogP contribution in [-0.2, 0) is 21.3 Å². The van der Waals surface area contributed by atoms with Crippen molar-refractivity contribution in [1.82, 2.24) is 10.0 Å². The second kappa shape index (κ2) is 8.24. The second-order valence-electron chi connectivity index (χ2n) is 5.28. The minimum Gasteiger partial charge on any atom is -0.383 e. The average Bonchev–Trinajstić information content (AvgIpc) is 2.37. The van der Waals surface area contributed by atoms with E-state index in [2.05, 4.69) is 26.0 Å². The van der Waals surface area contributed by atoms with Crippen molar-refractivity contribution >= 4 is 26.0 Å². The van der Waals surface area contributed by atoms with Gasteiger partial charge in [0.1, 0.15) is 0 Å². The van der Waals surface area contributed by atoms with Gasteiger partial charge < -0.3 is 10.1 Å². The van der Waals surface area contributed by atoms with E-state index in [0.29, 0.717) is 23.7 Å². The zero-order chi connectivity index (χ0) is 16.0. The Morgan fingerprint density at radius 2 is 1.95 bits per heavy atom. The van der Waals surface area contributed by atoms with E-state index in [9.17, 15) is 8.42 Å². The SMILES string of the molecule is COCC(C)NS(=O)(=O)c1cc(CNC(C)C)ccc1Br. The molecule has 0 saturated heterocycles. The van der Waals surface area contributed by atoms with Crippen LogP contribution in [0.1, 0.15) is 26.3 Å². The molecule has 0 saturated carbocycles. The zero-order valence-electron chi connectivity index (χ0n) is 12.8. The predicted octanol–water partition coefficient (Wildman–Crippen LogP) is 2.26. The summed E-state index contributed by atoms with van der Waals surface area (Å²) >= 11 is 3.30. The molecule has 1 aromatic rings. The number of sulfonamides is 1. The summed E-state index contributed by atoms with van der Waals surface area (Å²) in [4.78, 5) is 0.244. The fraction of sp³-hybridized carbons (Fsp3) is 0.571. The maximum Gasteiger partial charge on any atom is 0.242 e. The second-order valence-corrected chi connectivity index (χ2v) is 7.81. The lowest BCUT2D eigenvalue weighted by molar-refractivity contribution is 0.180. The van der Waals surface area contributed by atoms with Gasteiger partial charge in [0.15, 0.2) is 0 Å². The molecule has 0 amide bonds. The molecule has 7 heteroatoms. The van der Waals surface area contributed by atoms with Gasteiger partial charge in [-0.2, -0.15) is 0 Å². The van der Waals surface area contributed by atoms with Gasteiger partial charge in [0.05, 0.1) is 11.5 Å². The highest BCUT2D eigenvalue weighted by Crippen LogP contribution is 2.23. The van der Waals surface area contributed by atoms with Gasteiger partial charge in [-0.3, -0.25) is 0 Å². The molecule has 0 spiro atoms. The number of ether oxygens (including phenoxy) is 1. The lowest BCUT2D eigenvalue weighted by atomic mass is 10.2. The normalized spacial score (nSPS) is 13.6. The highest BCUT2D eigenvalue weighted by atomic mass is 79.9. The molecule has 0 bridgehead atoms. The van der Waals surface area contributed by atoms with Crippen molar-refractivity contribution in [2.24, 2.45) is 0 Å². The summed E-state index contributed by atoms with van der Waals surface area (Å²) in [5.41, 5.74) is 0.923. The molecule has 0 aromatic heterocycles. The van der Waals surface area contributed by atoms with Crippen LogP contribution in [0.2, 0.25) is 0 Å².